The number of nitrogens with zero attached hydrogens (tertiary/aromatic N) is 2. The number of hydrogen-bond acceptors (Lipinski definition) is 2. The van der Waals surface area contributed by atoms with E-state index >= 15 is 0 Å². The fourth-order valence-electron chi connectivity index (χ4n) is 2.71. The summed E-state index contributed by atoms with van der Waals surface area (Å²) in [7, 11) is 0. The van der Waals surface area contributed by atoms with E-state index in [0.29, 0.717) is 31.7 Å². The minimum Gasteiger partial charge on any atom is -0.366 e. The van der Waals surface area contributed by atoms with Crippen LogP contribution in [0.25, 0.3) is 0 Å². The Balaban J connectivity index is 1.70. The summed E-state index contributed by atoms with van der Waals surface area (Å²) in [5, 5.41) is 0. The smallest absolute Gasteiger partial charge is 0.254 e. The van der Waals surface area contributed by atoms with Gasteiger partial charge in [-0.3, -0.25) is 4.79 Å². The van der Waals surface area contributed by atoms with Crippen molar-refractivity contribution in [2.24, 2.45) is 0 Å². The Bertz CT molecular complexity index is 776. The zero-order valence-corrected chi connectivity index (χ0v) is 14.2. The van der Waals surface area contributed by atoms with E-state index in [1.165, 1.54) is 6.07 Å². The minimum absolute atomic E-state index is 0.0171. The summed E-state index contributed by atoms with van der Waals surface area (Å²) in [5.74, 6) is -3.98. The Morgan fingerprint density at radius 2 is 1.67 bits per heavy atom. The van der Waals surface area contributed by atoms with Gasteiger partial charge in [0.25, 0.3) is 5.91 Å². The molecule has 1 aliphatic heterocycles. The number of carbonyl (C=O) groups excluding carboxylic acids is 1. The Hall–Kier alpha value is -2.02. The maximum Gasteiger partial charge on any atom is 0.254 e. The highest BCUT2D eigenvalue weighted by Gasteiger charge is 2.25. The first kappa shape index (κ1) is 16.8. The number of halogens is 4. The molecule has 0 aliphatic carbocycles. The Kier molecular flexibility index (Phi) is 4.80. The van der Waals surface area contributed by atoms with E-state index in [1.54, 1.807) is 28.0 Å². The number of piperazine rings is 1. The molecule has 2 aromatic carbocycles. The molecule has 1 saturated heterocycles. The molecule has 126 valence electrons. The summed E-state index contributed by atoms with van der Waals surface area (Å²) < 4.78 is 41.1. The molecule has 0 saturated carbocycles. The summed E-state index contributed by atoms with van der Waals surface area (Å²) >= 11 is 3.33. The van der Waals surface area contributed by atoms with E-state index in [9.17, 15) is 18.0 Å². The Morgan fingerprint density at radius 1 is 0.958 bits per heavy atom. The molecular weight excluding hydrogens is 385 g/mol. The van der Waals surface area contributed by atoms with Gasteiger partial charge in [-0.1, -0.05) is 22.0 Å². The molecule has 0 N–H and O–H groups in total. The third kappa shape index (κ3) is 3.26. The van der Waals surface area contributed by atoms with Gasteiger partial charge in [0.1, 0.15) is 0 Å². The second kappa shape index (κ2) is 6.84. The molecule has 0 aromatic heterocycles. The van der Waals surface area contributed by atoms with E-state index in [4.69, 9.17) is 0 Å². The lowest BCUT2D eigenvalue weighted by atomic mass is 10.1. The van der Waals surface area contributed by atoms with Gasteiger partial charge in [-0.25, -0.2) is 13.2 Å². The van der Waals surface area contributed by atoms with Crippen molar-refractivity contribution in [3.8, 4) is 0 Å². The lowest BCUT2D eigenvalue weighted by Gasteiger charge is -2.36. The van der Waals surface area contributed by atoms with Crippen molar-refractivity contribution in [3.05, 3.63) is 63.9 Å². The van der Waals surface area contributed by atoms with E-state index in [1.807, 2.05) is 6.07 Å². The fraction of sp³-hybridized carbons (Fsp3) is 0.235. The molecule has 3 rings (SSSR count). The minimum atomic E-state index is -1.47. The predicted octanol–water partition coefficient (Wildman–Crippen LogP) is 3.83. The van der Waals surface area contributed by atoms with Crippen LogP contribution in [0.4, 0.5) is 18.9 Å². The second-order valence-electron chi connectivity index (χ2n) is 5.48. The van der Waals surface area contributed by atoms with Crippen LogP contribution in [0.1, 0.15) is 10.4 Å². The number of hydrogen-bond donors (Lipinski definition) is 0. The second-order valence-corrected chi connectivity index (χ2v) is 6.40. The van der Waals surface area contributed by atoms with Crippen LogP contribution in [0.3, 0.4) is 0 Å². The van der Waals surface area contributed by atoms with Gasteiger partial charge in [-0.15, -0.1) is 0 Å². The van der Waals surface area contributed by atoms with E-state index < -0.39 is 17.5 Å². The molecule has 7 heteroatoms. The van der Waals surface area contributed by atoms with Crippen molar-refractivity contribution in [1.29, 1.82) is 0 Å². The van der Waals surface area contributed by atoms with Crippen molar-refractivity contribution in [3.63, 3.8) is 0 Å². The van der Waals surface area contributed by atoms with Crippen molar-refractivity contribution >= 4 is 27.5 Å². The van der Waals surface area contributed by atoms with Crippen molar-refractivity contribution in [2.45, 2.75) is 0 Å². The maximum atomic E-state index is 13.9. The van der Waals surface area contributed by atoms with Crippen LogP contribution in [0.2, 0.25) is 0 Å². The fourth-order valence-corrected chi connectivity index (χ4v) is 3.11. The standard InChI is InChI=1S/C17H14BrF3N2O/c18-12-3-1-2-11(10-12)17(24)23-8-6-22(7-9-23)14-5-4-13(19)15(20)16(14)21/h1-5,10H,6-9H2. The first-order chi connectivity index (χ1) is 11.5. The highest BCUT2D eigenvalue weighted by Crippen LogP contribution is 2.25. The lowest BCUT2D eigenvalue weighted by Crippen LogP contribution is -2.49. The average molecular weight is 399 g/mol. The average Bonchev–Trinajstić information content (AvgIpc) is 2.59. The van der Waals surface area contributed by atoms with Gasteiger partial charge in [-0.05, 0) is 30.3 Å². The van der Waals surface area contributed by atoms with E-state index in [2.05, 4.69) is 15.9 Å². The lowest BCUT2D eigenvalue weighted by molar-refractivity contribution is 0.0746. The molecule has 3 nitrogen and oxygen atoms in total. The molecule has 0 unspecified atom stereocenters. The van der Waals surface area contributed by atoms with Gasteiger partial charge < -0.3 is 9.80 Å². The molecule has 24 heavy (non-hydrogen) atoms. The Morgan fingerprint density at radius 3 is 2.33 bits per heavy atom. The largest absolute Gasteiger partial charge is 0.366 e. The zero-order valence-electron chi connectivity index (χ0n) is 12.6. The number of benzene rings is 2. The summed E-state index contributed by atoms with van der Waals surface area (Å²) in [4.78, 5) is 15.7. The molecule has 1 amide bonds. The summed E-state index contributed by atoms with van der Waals surface area (Å²) in [5.41, 5.74) is 0.584. The molecule has 0 spiro atoms. The summed E-state index contributed by atoms with van der Waals surface area (Å²) in [6.07, 6.45) is 0. The van der Waals surface area contributed by atoms with E-state index in [-0.39, 0.29) is 11.6 Å². The Labute approximate surface area is 145 Å². The molecule has 1 fully saturated rings. The zero-order chi connectivity index (χ0) is 17.3. The highest BCUT2D eigenvalue weighted by molar-refractivity contribution is 9.10. The van der Waals surface area contributed by atoms with Gasteiger partial charge in [0.15, 0.2) is 17.5 Å². The van der Waals surface area contributed by atoms with E-state index in [0.717, 1.165) is 10.5 Å². The quantitative estimate of drug-likeness (QED) is 0.717. The van der Waals surface area contributed by atoms with Gasteiger partial charge in [-0.2, -0.15) is 0 Å². The van der Waals surface area contributed by atoms with Crippen LogP contribution >= 0.6 is 15.9 Å². The van der Waals surface area contributed by atoms with Gasteiger partial charge in [0.05, 0.1) is 5.69 Å². The first-order valence-corrected chi connectivity index (χ1v) is 8.20. The van der Waals surface area contributed by atoms with Crippen LogP contribution in [0.15, 0.2) is 40.9 Å². The molecule has 1 heterocycles. The topological polar surface area (TPSA) is 23.6 Å². The molecular formula is C17H14BrF3N2O. The number of amides is 1. The van der Waals surface area contributed by atoms with Crippen LogP contribution in [0.5, 0.6) is 0 Å². The first-order valence-electron chi connectivity index (χ1n) is 7.40. The third-order valence-electron chi connectivity index (χ3n) is 3.99. The molecule has 0 bridgehead atoms. The summed E-state index contributed by atoms with van der Waals surface area (Å²) in [6.45, 7) is 1.46. The van der Waals surface area contributed by atoms with Gasteiger partial charge >= 0.3 is 0 Å². The number of rotatable bonds is 2. The van der Waals surface area contributed by atoms with Crippen LogP contribution in [0, 0.1) is 17.5 Å². The summed E-state index contributed by atoms with van der Waals surface area (Å²) in [6, 6.07) is 9.22. The molecule has 2 aromatic rings. The molecule has 0 radical (unpaired) electrons. The van der Waals surface area contributed by atoms with Crippen molar-refractivity contribution < 1.29 is 18.0 Å². The molecule has 0 atom stereocenters. The SMILES string of the molecule is O=C(c1cccc(Br)c1)N1CCN(c2ccc(F)c(F)c2F)CC1. The van der Waals surface area contributed by atoms with Crippen LogP contribution < -0.4 is 4.90 Å². The van der Waals surface area contributed by atoms with Crippen LogP contribution in [-0.2, 0) is 0 Å². The van der Waals surface area contributed by atoms with Crippen molar-refractivity contribution in [2.75, 3.05) is 31.1 Å². The highest BCUT2D eigenvalue weighted by atomic mass is 79.9. The monoisotopic (exact) mass is 398 g/mol. The van der Waals surface area contributed by atoms with Crippen LogP contribution in [-0.4, -0.2) is 37.0 Å². The van der Waals surface area contributed by atoms with Gasteiger partial charge in [0, 0.05) is 36.2 Å². The number of anilines is 1. The normalized spacial score (nSPS) is 14.8. The third-order valence-corrected chi connectivity index (χ3v) is 4.49. The predicted molar refractivity (Wildman–Crippen MR) is 88.6 cm³/mol. The van der Waals surface area contributed by atoms with Gasteiger partial charge in [0.2, 0.25) is 0 Å². The number of carbonyl (C=O) groups is 1. The maximum absolute atomic E-state index is 13.9. The van der Waals surface area contributed by atoms with Crippen molar-refractivity contribution in [1.82, 2.24) is 4.90 Å². The molecule has 1 aliphatic rings.